The van der Waals surface area contributed by atoms with E-state index in [9.17, 15) is 14.4 Å². The minimum Gasteiger partial charge on any atom is -0.342 e. The summed E-state index contributed by atoms with van der Waals surface area (Å²) < 4.78 is 0. The van der Waals surface area contributed by atoms with Crippen molar-refractivity contribution < 1.29 is 9.59 Å². The third-order valence-corrected chi connectivity index (χ3v) is 5.38. The molecule has 0 unspecified atom stereocenters. The van der Waals surface area contributed by atoms with Crippen molar-refractivity contribution in [1.29, 1.82) is 0 Å². The quantitative estimate of drug-likeness (QED) is 0.754. The van der Waals surface area contributed by atoms with E-state index < -0.39 is 11.8 Å². The van der Waals surface area contributed by atoms with Crippen LogP contribution in [0.3, 0.4) is 0 Å². The Kier molecular flexibility index (Phi) is 4.85. The molecule has 1 saturated heterocycles. The number of piperidine rings is 1. The van der Waals surface area contributed by atoms with Crippen LogP contribution in [-0.4, -0.2) is 34.9 Å². The van der Waals surface area contributed by atoms with E-state index in [1.165, 1.54) is 0 Å². The van der Waals surface area contributed by atoms with Gasteiger partial charge >= 0.3 is 0 Å². The number of aromatic nitrogens is 2. The van der Waals surface area contributed by atoms with Crippen molar-refractivity contribution in [2.24, 2.45) is 5.92 Å². The molecule has 0 saturated carbocycles. The molecule has 1 atom stereocenters. The van der Waals surface area contributed by atoms with E-state index in [0.717, 1.165) is 25.9 Å². The van der Waals surface area contributed by atoms with Crippen LogP contribution < -0.4 is 21.1 Å². The van der Waals surface area contributed by atoms with Crippen molar-refractivity contribution in [2.45, 2.75) is 32.1 Å². The highest BCUT2D eigenvalue weighted by atomic mass is 16.2. The fraction of sp³-hybridized carbons (Fsp3) is 0.400. The summed E-state index contributed by atoms with van der Waals surface area (Å²) in [5.41, 5.74) is 0.442. The second-order valence-electron chi connectivity index (χ2n) is 7.48. The minimum atomic E-state index is -0.879. The summed E-state index contributed by atoms with van der Waals surface area (Å²) in [5.74, 6) is -0.324. The Morgan fingerprint density at radius 1 is 1.18 bits per heavy atom. The van der Waals surface area contributed by atoms with E-state index >= 15 is 0 Å². The number of hydrogen-bond donors (Lipinski definition) is 3. The van der Waals surface area contributed by atoms with Crippen molar-refractivity contribution in [3.8, 4) is 0 Å². The van der Waals surface area contributed by atoms with E-state index in [4.69, 9.17) is 0 Å². The van der Waals surface area contributed by atoms with Gasteiger partial charge in [-0.2, -0.15) is 4.98 Å². The maximum atomic E-state index is 12.8. The summed E-state index contributed by atoms with van der Waals surface area (Å²) in [7, 11) is 0. The number of nitrogens with zero attached hydrogens (tertiary/aromatic N) is 2. The highest BCUT2D eigenvalue weighted by molar-refractivity contribution is 6.04. The molecular weight excluding hydrogens is 358 g/mol. The number of nitrogens with one attached hydrogen (secondary N) is 3. The fourth-order valence-corrected chi connectivity index (χ4v) is 3.70. The lowest BCUT2D eigenvalue weighted by Gasteiger charge is -2.31. The second-order valence-corrected chi connectivity index (χ2v) is 7.48. The van der Waals surface area contributed by atoms with Gasteiger partial charge in [-0.1, -0.05) is 25.1 Å². The lowest BCUT2D eigenvalue weighted by atomic mass is 9.92. The number of para-hydroxylation sites is 1. The maximum Gasteiger partial charge on any atom is 0.258 e. The Morgan fingerprint density at radius 3 is 2.61 bits per heavy atom. The molecule has 146 valence electrons. The van der Waals surface area contributed by atoms with Crippen LogP contribution in [0.15, 0.2) is 35.1 Å². The normalized spacial score (nSPS) is 19.7. The fourth-order valence-electron chi connectivity index (χ4n) is 3.70. The van der Waals surface area contributed by atoms with Gasteiger partial charge in [0.05, 0.1) is 11.5 Å². The molecule has 2 amide bonds. The monoisotopic (exact) mass is 381 g/mol. The average molecular weight is 381 g/mol. The largest absolute Gasteiger partial charge is 0.342 e. The lowest BCUT2D eigenvalue weighted by molar-refractivity contribution is -0.123. The number of benzene rings is 1. The number of anilines is 3. The second kappa shape index (κ2) is 7.46. The minimum absolute atomic E-state index is 0.0863. The van der Waals surface area contributed by atoms with Gasteiger partial charge in [-0.15, -0.1) is 0 Å². The number of aromatic amines is 1. The molecule has 8 heteroatoms. The zero-order valence-electron chi connectivity index (χ0n) is 15.7. The standard InChI is InChI=1S/C20H23N5O3/c1-12-7-9-25(10-8-12)20-23-17-16(19(28)24-20)14(11-15(26)22-17)18(27)21-13-5-3-2-4-6-13/h2-6,12,14H,7-11H2,1H3,(H,21,27)(H2,22,23,24,26,28)/t14-/m0/s1. The summed E-state index contributed by atoms with van der Waals surface area (Å²) in [6.45, 7) is 3.81. The van der Waals surface area contributed by atoms with Gasteiger partial charge in [-0.25, -0.2) is 0 Å². The predicted octanol–water partition coefficient (Wildman–Crippen LogP) is 2.07. The lowest BCUT2D eigenvalue weighted by Crippen LogP contribution is -2.39. The summed E-state index contributed by atoms with van der Waals surface area (Å²) in [6.07, 6.45) is 1.96. The van der Waals surface area contributed by atoms with Gasteiger partial charge in [0, 0.05) is 25.2 Å². The van der Waals surface area contributed by atoms with Gasteiger partial charge in [-0.05, 0) is 30.9 Å². The molecule has 4 rings (SSSR count). The molecule has 3 heterocycles. The van der Waals surface area contributed by atoms with E-state index in [2.05, 4.69) is 27.5 Å². The van der Waals surface area contributed by atoms with Crippen LogP contribution in [0.2, 0.25) is 0 Å². The molecule has 1 aromatic heterocycles. The first-order valence-corrected chi connectivity index (χ1v) is 9.56. The van der Waals surface area contributed by atoms with Gasteiger partial charge < -0.3 is 15.5 Å². The molecule has 28 heavy (non-hydrogen) atoms. The third-order valence-electron chi connectivity index (χ3n) is 5.38. The zero-order chi connectivity index (χ0) is 19.7. The van der Waals surface area contributed by atoms with Crippen molar-refractivity contribution in [1.82, 2.24) is 9.97 Å². The molecular formula is C20H23N5O3. The van der Waals surface area contributed by atoms with Crippen LogP contribution in [0.25, 0.3) is 0 Å². The highest BCUT2D eigenvalue weighted by Crippen LogP contribution is 2.30. The van der Waals surface area contributed by atoms with Crippen LogP contribution in [0.1, 0.15) is 37.7 Å². The van der Waals surface area contributed by atoms with Crippen molar-refractivity contribution in [2.75, 3.05) is 28.6 Å². The van der Waals surface area contributed by atoms with E-state index in [1.807, 2.05) is 11.0 Å². The van der Waals surface area contributed by atoms with Gasteiger partial charge in [0.1, 0.15) is 5.82 Å². The molecule has 0 radical (unpaired) electrons. The SMILES string of the molecule is CC1CCN(c2nc3c(c(=O)[nH]2)[C@@H](C(=O)Nc2ccccc2)CC(=O)N3)CC1. The molecule has 0 spiro atoms. The Morgan fingerprint density at radius 2 is 1.89 bits per heavy atom. The van der Waals surface area contributed by atoms with Crippen LogP contribution in [-0.2, 0) is 9.59 Å². The molecule has 8 nitrogen and oxygen atoms in total. The molecule has 1 fully saturated rings. The Bertz CT molecular complexity index is 948. The number of fused-ring (bicyclic) bond motifs is 1. The summed E-state index contributed by atoms with van der Waals surface area (Å²) in [6, 6.07) is 8.96. The Labute approximate surface area is 162 Å². The van der Waals surface area contributed by atoms with Crippen LogP contribution in [0.5, 0.6) is 0 Å². The van der Waals surface area contributed by atoms with Crippen LogP contribution in [0.4, 0.5) is 17.5 Å². The van der Waals surface area contributed by atoms with Gasteiger partial charge in [-0.3, -0.25) is 19.4 Å². The Balaban J connectivity index is 1.63. The number of rotatable bonds is 3. The Hall–Kier alpha value is -3.16. The molecule has 0 aliphatic carbocycles. The number of hydrogen-bond acceptors (Lipinski definition) is 5. The van der Waals surface area contributed by atoms with E-state index in [0.29, 0.717) is 17.6 Å². The zero-order valence-corrected chi connectivity index (χ0v) is 15.7. The molecule has 0 bridgehead atoms. The van der Waals surface area contributed by atoms with E-state index in [1.54, 1.807) is 24.3 Å². The van der Waals surface area contributed by atoms with Gasteiger partial charge in [0.25, 0.3) is 5.56 Å². The van der Waals surface area contributed by atoms with Crippen molar-refractivity contribution in [3.63, 3.8) is 0 Å². The molecule has 1 aromatic carbocycles. The van der Waals surface area contributed by atoms with Gasteiger partial charge in [0.15, 0.2) is 0 Å². The summed E-state index contributed by atoms with van der Waals surface area (Å²) in [5, 5.41) is 5.43. The van der Waals surface area contributed by atoms with E-state index in [-0.39, 0.29) is 29.3 Å². The van der Waals surface area contributed by atoms with Crippen LogP contribution >= 0.6 is 0 Å². The number of amides is 2. The van der Waals surface area contributed by atoms with Crippen molar-refractivity contribution >= 4 is 29.3 Å². The first kappa shape index (κ1) is 18.2. The topological polar surface area (TPSA) is 107 Å². The summed E-state index contributed by atoms with van der Waals surface area (Å²) >= 11 is 0. The third kappa shape index (κ3) is 3.62. The molecule has 2 aliphatic heterocycles. The number of carbonyl (C=O) groups excluding carboxylic acids is 2. The average Bonchev–Trinajstić information content (AvgIpc) is 2.68. The van der Waals surface area contributed by atoms with Crippen LogP contribution in [0, 0.1) is 5.92 Å². The maximum absolute atomic E-state index is 12.8. The number of H-pyrrole nitrogens is 1. The first-order valence-electron chi connectivity index (χ1n) is 9.56. The van der Waals surface area contributed by atoms with Gasteiger partial charge in [0.2, 0.25) is 17.8 Å². The smallest absolute Gasteiger partial charge is 0.258 e. The highest BCUT2D eigenvalue weighted by Gasteiger charge is 2.35. The molecule has 2 aromatic rings. The first-order chi connectivity index (χ1) is 13.5. The molecule has 2 aliphatic rings. The number of carbonyl (C=O) groups is 2. The predicted molar refractivity (Wildman–Crippen MR) is 107 cm³/mol. The summed E-state index contributed by atoms with van der Waals surface area (Å²) in [4.78, 5) is 47.1. The molecule has 3 N–H and O–H groups in total. The van der Waals surface area contributed by atoms with Crippen molar-refractivity contribution in [3.05, 3.63) is 46.2 Å².